The molecule has 0 bridgehead atoms. The Morgan fingerprint density at radius 1 is 0.895 bits per heavy atom. The van der Waals surface area contributed by atoms with Gasteiger partial charge in [-0.3, -0.25) is 4.79 Å². The minimum Gasteiger partial charge on any atom is -0.293 e. The molecule has 0 heterocycles. The van der Waals surface area contributed by atoms with E-state index in [9.17, 15) is 4.79 Å². The SMILES string of the molecule is Cc1cccc(C(C)(C)C(=O)c2ccccc2)c1C. The Kier molecular flexibility index (Phi) is 3.57. The van der Waals surface area contributed by atoms with Gasteiger partial charge in [-0.25, -0.2) is 0 Å². The van der Waals surface area contributed by atoms with Gasteiger partial charge in [0.05, 0.1) is 5.41 Å². The summed E-state index contributed by atoms with van der Waals surface area (Å²) >= 11 is 0. The zero-order chi connectivity index (χ0) is 14.0. The number of rotatable bonds is 3. The molecule has 1 heteroatoms. The van der Waals surface area contributed by atoms with Crippen LogP contribution in [0, 0.1) is 13.8 Å². The molecule has 0 aliphatic rings. The third kappa shape index (κ3) is 2.46. The molecular weight excluding hydrogens is 232 g/mol. The lowest BCUT2D eigenvalue weighted by Crippen LogP contribution is -2.30. The van der Waals surface area contributed by atoms with E-state index in [0.29, 0.717) is 0 Å². The molecule has 1 nitrogen and oxygen atoms in total. The Hall–Kier alpha value is -1.89. The molecule has 0 saturated carbocycles. The lowest BCUT2D eigenvalue weighted by molar-refractivity contribution is 0.0908. The summed E-state index contributed by atoms with van der Waals surface area (Å²) < 4.78 is 0. The Labute approximate surface area is 115 Å². The molecule has 0 spiro atoms. The van der Waals surface area contributed by atoms with Crippen LogP contribution in [0.2, 0.25) is 0 Å². The number of Topliss-reactive ketones (excluding diaryl/α,β-unsaturated/α-hetero) is 1. The standard InChI is InChI=1S/C18H20O/c1-13-9-8-12-16(14(13)2)18(3,4)17(19)15-10-6-5-7-11-15/h5-12H,1-4H3. The molecule has 98 valence electrons. The summed E-state index contributed by atoms with van der Waals surface area (Å²) in [6, 6.07) is 15.7. The van der Waals surface area contributed by atoms with Crippen molar-refractivity contribution in [2.24, 2.45) is 0 Å². The second-order valence-electron chi connectivity index (χ2n) is 5.57. The van der Waals surface area contributed by atoms with Gasteiger partial charge in [0.15, 0.2) is 5.78 Å². The fraction of sp³-hybridized carbons (Fsp3) is 0.278. The van der Waals surface area contributed by atoms with Gasteiger partial charge in [0.25, 0.3) is 0 Å². The first-order valence-electron chi connectivity index (χ1n) is 6.61. The van der Waals surface area contributed by atoms with Crippen LogP contribution in [0.25, 0.3) is 0 Å². The number of carbonyl (C=O) groups excluding carboxylic acids is 1. The summed E-state index contributed by atoms with van der Waals surface area (Å²) in [5, 5.41) is 0. The van der Waals surface area contributed by atoms with Crippen LogP contribution in [0.1, 0.15) is 40.9 Å². The number of carbonyl (C=O) groups is 1. The molecule has 0 aliphatic heterocycles. The Morgan fingerprint density at radius 3 is 2.16 bits per heavy atom. The molecule has 2 rings (SSSR count). The number of hydrogen-bond acceptors (Lipinski definition) is 1. The highest BCUT2D eigenvalue weighted by atomic mass is 16.1. The highest BCUT2D eigenvalue weighted by Gasteiger charge is 2.31. The summed E-state index contributed by atoms with van der Waals surface area (Å²) in [6.45, 7) is 8.18. The second-order valence-corrected chi connectivity index (χ2v) is 5.57. The van der Waals surface area contributed by atoms with E-state index in [-0.39, 0.29) is 5.78 Å². The van der Waals surface area contributed by atoms with E-state index < -0.39 is 5.41 Å². The molecule has 0 saturated heterocycles. The van der Waals surface area contributed by atoms with Crippen molar-refractivity contribution in [3.05, 3.63) is 70.8 Å². The number of benzene rings is 2. The van der Waals surface area contributed by atoms with E-state index in [2.05, 4.69) is 26.0 Å². The molecule has 0 aromatic heterocycles. The fourth-order valence-electron chi connectivity index (χ4n) is 2.50. The first-order valence-corrected chi connectivity index (χ1v) is 6.61. The Morgan fingerprint density at radius 2 is 1.53 bits per heavy atom. The van der Waals surface area contributed by atoms with E-state index in [1.807, 2.05) is 50.2 Å². The van der Waals surface area contributed by atoms with Crippen molar-refractivity contribution in [1.29, 1.82) is 0 Å². The number of ketones is 1. The highest BCUT2D eigenvalue weighted by Crippen LogP contribution is 2.31. The average molecular weight is 252 g/mol. The van der Waals surface area contributed by atoms with Crippen LogP contribution in [-0.4, -0.2) is 5.78 Å². The van der Waals surface area contributed by atoms with Gasteiger partial charge in [0.2, 0.25) is 0 Å². The summed E-state index contributed by atoms with van der Waals surface area (Å²) in [7, 11) is 0. The van der Waals surface area contributed by atoms with Gasteiger partial charge in [-0.15, -0.1) is 0 Å². The molecule has 0 N–H and O–H groups in total. The third-order valence-corrected chi connectivity index (χ3v) is 3.88. The molecule has 0 unspecified atom stereocenters. The lowest BCUT2D eigenvalue weighted by Gasteiger charge is -2.26. The van der Waals surface area contributed by atoms with Gasteiger partial charge in [0.1, 0.15) is 0 Å². The van der Waals surface area contributed by atoms with Crippen molar-refractivity contribution in [3.63, 3.8) is 0 Å². The van der Waals surface area contributed by atoms with Crippen molar-refractivity contribution in [3.8, 4) is 0 Å². The Balaban J connectivity index is 2.48. The molecule has 0 radical (unpaired) electrons. The first kappa shape index (κ1) is 13.5. The highest BCUT2D eigenvalue weighted by molar-refractivity contribution is 6.03. The predicted molar refractivity (Wildman–Crippen MR) is 79.7 cm³/mol. The van der Waals surface area contributed by atoms with Crippen LogP contribution in [0.4, 0.5) is 0 Å². The monoisotopic (exact) mass is 252 g/mol. The summed E-state index contributed by atoms with van der Waals surface area (Å²) in [6.07, 6.45) is 0. The molecule has 0 atom stereocenters. The normalized spacial score (nSPS) is 11.4. The average Bonchev–Trinajstić information content (AvgIpc) is 2.41. The van der Waals surface area contributed by atoms with Gasteiger partial charge < -0.3 is 0 Å². The largest absolute Gasteiger partial charge is 0.293 e. The number of hydrogen-bond donors (Lipinski definition) is 0. The van der Waals surface area contributed by atoms with Crippen molar-refractivity contribution in [2.75, 3.05) is 0 Å². The lowest BCUT2D eigenvalue weighted by atomic mass is 9.75. The van der Waals surface area contributed by atoms with E-state index >= 15 is 0 Å². The van der Waals surface area contributed by atoms with E-state index in [1.54, 1.807) is 0 Å². The quantitative estimate of drug-likeness (QED) is 0.737. The molecule has 2 aromatic carbocycles. The minimum absolute atomic E-state index is 0.168. The van der Waals surface area contributed by atoms with Crippen molar-refractivity contribution < 1.29 is 4.79 Å². The fourth-order valence-corrected chi connectivity index (χ4v) is 2.50. The number of aryl methyl sites for hydroxylation is 1. The zero-order valence-electron chi connectivity index (χ0n) is 12.0. The maximum atomic E-state index is 12.7. The van der Waals surface area contributed by atoms with Gasteiger partial charge in [-0.1, -0.05) is 48.5 Å². The molecule has 0 amide bonds. The van der Waals surface area contributed by atoms with Crippen molar-refractivity contribution in [2.45, 2.75) is 33.1 Å². The van der Waals surface area contributed by atoms with Gasteiger partial charge in [-0.2, -0.15) is 0 Å². The van der Waals surface area contributed by atoms with Crippen LogP contribution >= 0.6 is 0 Å². The predicted octanol–water partition coefficient (Wildman–Crippen LogP) is 4.46. The van der Waals surface area contributed by atoms with E-state index in [0.717, 1.165) is 11.1 Å². The van der Waals surface area contributed by atoms with Crippen LogP contribution in [-0.2, 0) is 5.41 Å². The maximum Gasteiger partial charge on any atom is 0.172 e. The van der Waals surface area contributed by atoms with Crippen LogP contribution in [0.15, 0.2) is 48.5 Å². The first-order chi connectivity index (χ1) is 8.94. The third-order valence-electron chi connectivity index (χ3n) is 3.88. The molecule has 19 heavy (non-hydrogen) atoms. The topological polar surface area (TPSA) is 17.1 Å². The zero-order valence-corrected chi connectivity index (χ0v) is 12.0. The smallest absolute Gasteiger partial charge is 0.172 e. The van der Waals surface area contributed by atoms with Crippen LogP contribution < -0.4 is 0 Å². The van der Waals surface area contributed by atoms with E-state index in [1.165, 1.54) is 11.1 Å². The van der Waals surface area contributed by atoms with E-state index in [4.69, 9.17) is 0 Å². The summed E-state index contributed by atoms with van der Waals surface area (Å²) in [5.74, 6) is 0.168. The Bertz CT molecular complexity index is 594. The molecule has 0 fully saturated rings. The van der Waals surface area contributed by atoms with Crippen molar-refractivity contribution >= 4 is 5.78 Å². The molecule has 0 aliphatic carbocycles. The van der Waals surface area contributed by atoms with Crippen LogP contribution in [0.3, 0.4) is 0 Å². The maximum absolute atomic E-state index is 12.7. The summed E-state index contributed by atoms with van der Waals surface area (Å²) in [5.41, 5.74) is 3.82. The summed E-state index contributed by atoms with van der Waals surface area (Å²) in [4.78, 5) is 12.7. The van der Waals surface area contributed by atoms with Gasteiger partial charge >= 0.3 is 0 Å². The minimum atomic E-state index is -0.503. The molecule has 2 aromatic rings. The van der Waals surface area contributed by atoms with Gasteiger partial charge in [0, 0.05) is 5.56 Å². The molecular formula is C18H20O. The van der Waals surface area contributed by atoms with Gasteiger partial charge in [-0.05, 0) is 44.4 Å². The van der Waals surface area contributed by atoms with Crippen molar-refractivity contribution in [1.82, 2.24) is 0 Å². The second kappa shape index (κ2) is 5.00. The van der Waals surface area contributed by atoms with Crippen LogP contribution in [0.5, 0.6) is 0 Å².